The highest BCUT2D eigenvalue weighted by Crippen LogP contribution is 2.12. The van der Waals surface area contributed by atoms with Crippen LogP contribution in [0.15, 0.2) is 48.5 Å². The number of aromatic carboxylic acids is 2. The summed E-state index contributed by atoms with van der Waals surface area (Å²) < 4.78 is 9.68. The van der Waals surface area contributed by atoms with E-state index >= 15 is 0 Å². The van der Waals surface area contributed by atoms with Crippen molar-refractivity contribution in [3.05, 3.63) is 59.7 Å². The second kappa shape index (κ2) is 8.31. The van der Waals surface area contributed by atoms with Crippen LogP contribution >= 0.6 is 0 Å². The summed E-state index contributed by atoms with van der Waals surface area (Å²) in [5.41, 5.74) is 0.480. The van der Waals surface area contributed by atoms with E-state index in [-0.39, 0.29) is 11.1 Å². The van der Waals surface area contributed by atoms with E-state index in [0.29, 0.717) is 11.5 Å². The van der Waals surface area contributed by atoms with E-state index in [4.69, 9.17) is 19.7 Å². The zero-order valence-corrected chi connectivity index (χ0v) is 12.1. The van der Waals surface area contributed by atoms with Crippen LogP contribution in [-0.2, 0) is 0 Å². The van der Waals surface area contributed by atoms with Gasteiger partial charge < -0.3 is 19.7 Å². The van der Waals surface area contributed by atoms with E-state index < -0.39 is 11.9 Å². The van der Waals surface area contributed by atoms with Crippen LogP contribution in [0, 0.1) is 0 Å². The van der Waals surface area contributed by atoms with Crippen LogP contribution < -0.4 is 9.47 Å². The van der Waals surface area contributed by atoms with Crippen molar-refractivity contribution in [2.45, 2.75) is 0 Å². The Morgan fingerprint density at radius 1 is 0.773 bits per heavy atom. The van der Waals surface area contributed by atoms with Gasteiger partial charge in [0.05, 0.1) is 25.3 Å². The Balaban J connectivity index is 0.000000220. The summed E-state index contributed by atoms with van der Waals surface area (Å²) in [6.45, 7) is 0. The molecule has 0 bridgehead atoms. The summed E-state index contributed by atoms with van der Waals surface area (Å²) >= 11 is 0. The molecular weight excluding hydrogens is 288 g/mol. The molecule has 0 aliphatic rings. The average Bonchev–Trinajstić information content (AvgIpc) is 2.55. The van der Waals surface area contributed by atoms with Gasteiger partial charge in [0.25, 0.3) is 0 Å². The molecule has 0 fully saturated rings. The molecule has 116 valence electrons. The number of methoxy groups -OCH3 is 2. The summed E-state index contributed by atoms with van der Waals surface area (Å²) in [5.74, 6) is -0.761. The lowest BCUT2D eigenvalue weighted by Gasteiger charge is -1.98. The van der Waals surface area contributed by atoms with Gasteiger partial charge in [0, 0.05) is 0 Å². The Hall–Kier alpha value is -3.02. The average molecular weight is 304 g/mol. The van der Waals surface area contributed by atoms with Crippen LogP contribution in [0.2, 0.25) is 0 Å². The SMILES string of the molecule is COc1cccc(C(=O)O)c1.COc1cccc(C(=O)O)c1. The van der Waals surface area contributed by atoms with Gasteiger partial charge in [-0.3, -0.25) is 0 Å². The first kappa shape index (κ1) is 17.0. The molecule has 0 saturated carbocycles. The van der Waals surface area contributed by atoms with Crippen molar-refractivity contribution in [3.8, 4) is 11.5 Å². The summed E-state index contributed by atoms with van der Waals surface area (Å²) in [6.07, 6.45) is 0. The van der Waals surface area contributed by atoms with Gasteiger partial charge in [-0.25, -0.2) is 9.59 Å². The van der Waals surface area contributed by atoms with Gasteiger partial charge in [0.1, 0.15) is 11.5 Å². The second-order valence-electron chi connectivity index (χ2n) is 4.07. The minimum atomic E-state index is -0.941. The number of carbonyl (C=O) groups is 2. The van der Waals surface area contributed by atoms with Crippen molar-refractivity contribution in [2.24, 2.45) is 0 Å². The van der Waals surface area contributed by atoms with E-state index in [9.17, 15) is 9.59 Å². The van der Waals surface area contributed by atoms with Gasteiger partial charge in [-0.2, -0.15) is 0 Å². The van der Waals surface area contributed by atoms with E-state index in [0.717, 1.165) is 0 Å². The number of carboxylic acids is 2. The summed E-state index contributed by atoms with van der Waals surface area (Å²) in [6, 6.07) is 12.7. The highest BCUT2D eigenvalue weighted by atomic mass is 16.5. The summed E-state index contributed by atoms with van der Waals surface area (Å²) in [4.78, 5) is 20.8. The first-order valence-electron chi connectivity index (χ1n) is 6.22. The molecule has 0 radical (unpaired) electrons. The van der Waals surface area contributed by atoms with Crippen LogP contribution in [0.4, 0.5) is 0 Å². The quantitative estimate of drug-likeness (QED) is 0.902. The number of hydrogen-bond acceptors (Lipinski definition) is 4. The molecule has 22 heavy (non-hydrogen) atoms. The van der Waals surface area contributed by atoms with Gasteiger partial charge in [-0.1, -0.05) is 12.1 Å². The van der Waals surface area contributed by atoms with Gasteiger partial charge in [0.15, 0.2) is 0 Å². The van der Waals surface area contributed by atoms with Crippen LogP contribution in [0.3, 0.4) is 0 Å². The monoisotopic (exact) mass is 304 g/mol. The molecular formula is C16H16O6. The van der Waals surface area contributed by atoms with E-state index in [1.807, 2.05) is 0 Å². The third kappa shape index (κ3) is 5.16. The molecule has 2 rings (SSSR count). The fourth-order valence-corrected chi connectivity index (χ4v) is 1.51. The van der Waals surface area contributed by atoms with Gasteiger partial charge >= 0.3 is 11.9 Å². The number of rotatable bonds is 4. The van der Waals surface area contributed by atoms with Crippen molar-refractivity contribution in [1.82, 2.24) is 0 Å². The van der Waals surface area contributed by atoms with Crippen molar-refractivity contribution in [3.63, 3.8) is 0 Å². The molecule has 0 amide bonds. The maximum atomic E-state index is 10.4. The van der Waals surface area contributed by atoms with Crippen LogP contribution in [0.5, 0.6) is 11.5 Å². The number of hydrogen-bond donors (Lipinski definition) is 2. The van der Waals surface area contributed by atoms with Crippen molar-refractivity contribution in [1.29, 1.82) is 0 Å². The molecule has 0 unspecified atom stereocenters. The Morgan fingerprint density at radius 3 is 1.41 bits per heavy atom. The smallest absolute Gasteiger partial charge is 0.335 e. The second-order valence-corrected chi connectivity index (χ2v) is 4.07. The molecule has 0 spiro atoms. The van der Waals surface area contributed by atoms with E-state index in [2.05, 4.69) is 0 Å². The Labute approximate surface area is 127 Å². The molecule has 2 aromatic carbocycles. The molecule has 0 aliphatic heterocycles. The zero-order valence-electron chi connectivity index (χ0n) is 12.1. The zero-order chi connectivity index (χ0) is 16.5. The third-order valence-corrected chi connectivity index (χ3v) is 2.63. The molecule has 0 atom stereocenters. The lowest BCUT2D eigenvalue weighted by atomic mass is 10.2. The first-order chi connectivity index (χ1) is 10.5. The highest BCUT2D eigenvalue weighted by Gasteiger charge is 2.02. The topological polar surface area (TPSA) is 93.1 Å². The Bertz CT molecular complexity index is 593. The predicted molar refractivity (Wildman–Crippen MR) is 79.9 cm³/mol. The minimum Gasteiger partial charge on any atom is -0.497 e. The van der Waals surface area contributed by atoms with Gasteiger partial charge in [-0.05, 0) is 36.4 Å². The van der Waals surface area contributed by atoms with Crippen LogP contribution in [0.25, 0.3) is 0 Å². The van der Waals surface area contributed by atoms with Crippen molar-refractivity contribution < 1.29 is 29.3 Å². The van der Waals surface area contributed by atoms with Crippen LogP contribution in [-0.4, -0.2) is 36.4 Å². The number of benzene rings is 2. The number of ether oxygens (including phenoxy) is 2. The molecule has 6 heteroatoms. The lowest BCUT2D eigenvalue weighted by Crippen LogP contribution is -1.95. The number of carboxylic acid groups (broad SMARTS) is 2. The molecule has 6 nitrogen and oxygen atoms in total. The van der Waals surface area contributed by atoms with Crippen LogP contribution in [0.1, 0.15) is 20.7 Å². The maximum absolute atomic E-state index is 10.4. The lowest BCUT2D eigenvalue weighted by molar-refractivity contribution is 0.0685. The summed E-state index contributed by atoms with van der Waals surface area (Å²) in [7, 11) is 3.00. The van der Waals surface area contributed by atoms with E-state index in [1.165, 1.54) is 38.5 Å². The molecule has 0 aromatic heterocycles. The first-order valence-corrected chi connectivity index (χ1v) is 6.22. The largest absolute Gasteiger partial charge is 0.497 e. The fraction of sp³-hybridized carbons (Fsp3) is 0.125. The van der Waals surface area contributed by atoms with Gasteiger partial charge in [0.2, 0.25) is 0 Å². The fourth-order valence-electron chi connectivity index (χ4n) is 1.51. The summed E-state index contributed by atoms with van der Waals surface area (Å²) in [5, 5.41) is 17.1. The molecule has 2 aromatic rings. The molecule has 0 aliphatic carbocycles. The third-order valence-electron chi connectivity index (χ3n) is 2.63. The maximum Gasteiger partial charge on any atom is 0.335 e. The molecule has 2 N–H and O–H groups in total. The predicted octanol–water partition coefficient (Wildman–Crippen LogP) is 2.79. The van der Waals surface area contributed by atoms with E-state index in [1.54, 1.807) is 24.3 Å². The Morgan fingerprint density at radius 2 is 1.14 bits per heavy atom. The standard InChI is InChI=1S/2C8H8O3/c2*1-11-7-4-2-3-6(5-7)8(9)10/h2*2-5H,1H3,(H,9,10). The minimum absolute atomic E-state index is 0.240. The van der Waals surface area contributed by atoms with Crippen molar-refractivity contribution >= 4 is 11.9 Å². The van der Waals surface area contributed by atoms with Crippen molar-refractivity contribution in [2.75, 3.05) is 14.2 Å². The highest BCUT2D eigenvalue weighted by molar-refractivity contribution is 5.88. The molecule has 0 saturated heterocycles. The van der Waals surface area contributed by atoms with Gasteiger partial charge in [-0.15, -0.1) is 0 Å². The molecule has 0 heterocycles. The Kier molecular flexibility index (Phi) is 6.43. The normalized spacial score (nSPS) is 9.18.